The third-order valence-corrected chi connectivity index (χ3v) is 3.60. The van der Waals surface area contributed by atoms with Gasteiger partial charge in [0.05, 0.1) is 12.6 Å². The van der Waals surface area contributed by atoms with E-state index in [1.807, 2.05) is 12.1 Å². The number of hydrogen-bond acceptors (Lipinski definition) is 4. The molecule has 0 aliphatic carbocycles. The number of benzene rings is 1. The number of likely N-dealkylation sites (N-methyl/N-ethyl adjacent to an activating group) is 1. The standard InChI is InChI=1S/C17H27NO3/c1-4-18-15(11-19-9-5-6-13(2)3)14-7-8-16-17(10-14)21-12-20-16/h7-8,10,13,15,18H,4-6,9,11-12H2,1-3H3. The summed E-state index contributed by atoms with van der Waals surface area (Å²) in [4.78, 5) is 0. The molecule has 0 amide bonds. The molecule has 1 heterocycles. The van der Waals surface area contributed by atoms with Crippen molar-refractivity contribution in [3.8, 4) is 11.5 Å². The largest absolute Gasteiger partial charge is 0.454 e. The Balaban J connectivity index is 1.86. The number of nitrogens with one attached hydrogen (secondary N) is 1. The highest BCUT2D eigenvalue weighted by Crippen LogP contribution is 2.34. The van der Waals surface area contributed by atoms with Gasteiger partial charge < -0.3 is 19.5 Å². The van der Waals surface area contributed by atoms with Gasteiger partial charge in [-0.25, -0.2) is 0 Å². The van der Waals surface area contributed by atoms with Gasteiger partial charge >= 0.3 is 0 Å². The Morgan fingerprint density at radius 2 is 2.05 bits per heavy atom. The Morgan fingerprint density at radius 1 is 1.24 bits per heavy atom. The van der Waals surface area contributed by atoms with Crippen LogP contribution in [0.25, 0.3) is 0 Å². The highest BCUT2D eigenvalue weighted by molar-refractivity contribution is 5.45. The predicted molar refractivity (Wildman–Crippen MR) is 83.9 cm³/mol. The van der Waals surface area contributed by atoms with Crippen molar-refractivity contribution in [2.45, 2.75) is 39.7 Å². The fraction of sp³-hybridized carbons (Fsp3) is 0.647. The van der Waals surface area contributed by atoms with E-state index in [4.69, 9.17) is 14.2 Å². The van der Waals surface area contributed by atoms with Crippen LogP contribution in [0, 0.1) is 5.92 Å². The van der Waals surface area contributed by atoms with Crippen LogP contribution < -0.4 is 14.8 Å². The molecule has 1 aliphatic heterocycles. The Hall–Kier alpha value is -1.26. The summed E-state index contributed by atoms with van der Waals surface area (Å²) in [6, 6.07) is 6.30. The molecule has 0 bridgehead atoms. The van der Waals surface area contributed by atoms with Crippen LogP contribution in [0.15, 0.2) is 18.2 Å². The number of ether oxygens (including phenoxy) is 3. The first-order valence-corrected chi connectivity index (χ1v) is 7.91. The van der Waals surface area contributed by atoms with Crippen molar-refractivity contribution in [1.82, 2.24) is 5.32 Å². The average molecular weight is 293 g/mol. The maximum Gasteiger partial charge on any atom is 0.231 e. The van der Waals surface area contributed by atoms with Crippen LogP contribution in [0.3, 0.4) is 0 Å². The van der Waals surface area contributed by atoms with E-state index in [1.54, 1.807) is 0 Å². The van der Waals surface area contributed by atoms with Gasteiger partial charge in [-0.1, -0.05) is 26.8 Å². The van der Waals surface area contributed by atoms with Gasteiger partial charge in [-0.2, -0.15) is 0 Å². The van der Waals surface area contributed by atoms with Crippen LogP contribution in [-0.2, 0) is 4.74 Å². The van der Waals surface area contributed by atoms with Gasteiger partial charge in [-0.05, 0) is 43.0 Å². The molecule has 1 N–H and O–H groups in total. The summed E-state index contributed by atoms with van der Waals surface area (Å²) in [5.41, 5.74) is 1.19. The summed E-state index contributed by atoms with van der Waals surface area (Å²) in [6.45, 7) is 9.34. The van der Waals surface area contributed by atoms with Gasteiger partial charge in [0.15, 0.2) is 11.5 Å². The van der Waals surface area contributed by atoms with Gasteiger partial charge in [0.2, 0.25) is 6.79 Å². The first-order valence-electron chi connectivity index (χ1n) is 7.91. The molecule has 1 aliphatic rings. The topological polar surface area (TPSA) is 39.7 Å². The molecule has 1 atom stereocenters. The van der Waals surface area contributed by atoms with Gasteiger partial charge in [0.25, 0.3) is 0 Å². The Kier molecular flexibility index (Phi) is 6.33. The first-order chi connectivity index (χ1) is 10.2. The normalized spacial score (nSPS) is 14.7. The highest BCUT2D eigenvalue weighted by Gasteiger charge is 2.17. The third kappa shape index (κ3) is 4.90. The number of hydrogen-bond donors (Lipinski definition) is 1. The zero-order valence-electron chi connectivity index (χ0n) is 13.4. The zero-order chi connectivity index (χ0) is 15.1. The van der Waals surface area contributed by atoms with Crippen molar-refractivity contribution in [2.24, 2.45) is 5.92 Å². The summed E-state index contributed by atoms with van der Waals surface area (Å²) < 4.78 is 16.6. The maximum absolute atomic E-state index is 5.84. The molecule has 0 aromatic heterocycles. The minimum absolute atomic E-state index is 0.198. The van der Waals surface area contributed by atoms with Crippen LogP contribution in [0.1, 0.15) is 45.2 Å². The van der Waals surface area contributed by atoms with Crippen LogP contribution in [0.2, 0.25) is 0 Å². The van der Waals surface area contributed by atoms with E-state index in [1.165, 1.54) is 12.0 Å². The molecule has 1 aromatic rings. The Bertz CT molecular complexity index is 434. The fourth-order valence-corrected chi connectivity index (χ4v) is 2.44. The maximum atomic E-state index is 5.84. The third-order valence-electron chi connectivity index (χ3n) is 3.60. The van der Waals surface area contributed by atoms with Crippen molar-refractivity contribution < 1.29 is 14.2 Å². The monoisotopic (exact) mass is 293 g/mol. The van der Waals surface area contributed by atoms with E-state index in [-0.39, 0.29) is 6.04 Å². The first kappa shape index (κ1) is 16.1. The second-order valence-corrected chi connectivity index (χ2v) is 5.83. The lowest BCUT2D eigenvalue weighted by atomic mass is 10.1. The lowest BCUT2D eigenvalue weighted by Crippen LogP contribution is -2.25. The molecule has 0 radical (unpaired) electrons. The minimum Gasteiger partial charge on any atom is -0.454 e. The Labute approximate surface area is 127 Å². The minimum atomic E-state index is 0.198. The molecule has 118 valence electrons. The van der Waals surface area contributed by atoms with Crippen molar-refractivity contribution in [1.29, 1.82) is 0 Å². The van der Waals surface area contributed by atoms with Crippen LogP contribution in [-0.4, -0.2) is 26.6 Å². The molecule has 0 saturated carbocycles. The number of rotatable bonds is 9. The van der Waals surface area contributed by atoms with Gasteiger partial charge in [0, 0.05) is 6.61 Å². The molecular weight excluding hydrogens is 266 g/mol. The average Bonchev–Trinajstić information content (AvgIpc) is 2.92. The zero-order valence-corrected chi connectivity index (χ0v) is 13.4. The summed E-state index contributed by atoms with van der Waals surface area (Å²) in [5, 5.41) is 3.47. The molecule has 4 heteroatoms. The van der Waals surface area contributed by atoms with Gasteiger partial charge in [-0.15, -0.1) is 0 Å². The van der Waals surface area contributed by atoms with Crippen LogP contribution in [0.5, 0.6) is 11.5 Å². The van der Waals surface area contributed by atoms with E-state index in [9.17, 15) is 0 Å². The summed E-state index contributed by atoms with van der Waals surface area (Å²) in [7, 11) is 0. The SMILES string of the molecule is CCNC(COCCCC(C)C)c1ccc2c(c1)OCO2. The molecule has 1 unspecified atom stereocenters. The predicted octanol–water partition coefficient (Wildman–Crippen LogP) is 3.52. The molecule has 21 heavy (non-hydrogen) atoms. The van der Waals surface area contributed by atoms with Crippen LogP contribution in [0.4, 0.5) is 0 Å². The summed E-state index contributed by atoms with van der Waals surface area (Å²) >= 11 is 0. The molecule has 0 fully saturated rings. The van der Waals surface area contributed by atoms with Gasteiger partial charge in [0.1, 0.15) is 0 Å². The molecule has 2 rings (SSSR count). The van der Waals surface area contributed by atoms with Crippen molar-refractivity contribution in [2.75, 3.05) is 26.6 Å². The molecule has 0 spiro atoms. The molecular formula is C17H27NO3. The summed E-state index contributed by atoms with van der Waals surface area (Å²) in [5.74, 6) is 2.40. The van der Waals surface area contributed by atoms with Crippen molar-refractivity contribution >= 4 is 0 Å². The smallest absolute Gasteiger partial charge is 0.231 e. The summed E-state index contributed by atoms with van der Waals surface area (Å²) in [6.07, 6.45) is 2.34. The highest BCUT2D eigenvalue weighted by atomic mass is 16.7. The number of fused-ring (bicyclic) bond motifs is 1. The van der Waals surface area contributed by atoms with Gasteiger partial charge in [-0.3, -0.25) is 0 Å². The quantitative estimate of drug-likeness (QED) is 0.707. The van der Waals surface area contributed by atoms with E-state index >= 15 is 0 Å². The van der Waals surface area contributed by atoms with E-state index in [2.05, 4.69) is 32.2 Å². The van der Waals surface area contributed by atoms with Crippen molar-refractivity contribution in [3.63, 3.8) is 0 Å². The lowest BCUT2D eigenvalue weighted by molar-refractivity contribution is 0.106. The second kappa shape index (κ2) is 8.25. The fourth-order valence-electron chi connectivity index (χ4n) is 2.44. The van der Waals surface area contributed by atoms with E-state index in [0.717, 1.165) is 37.0 Å². The molecule has 1 aromatic carbocycles. The second-order valence-electron chi connectivity index (χ2n) is 5.83. The Morgan fingerprint density at radius 3 is 2.81 bits per heavy atom. The lowest BCUT2D eigenvalue weighted by Gasteiger charge is -2.19. The van der Waals surface area contributed by atoms with Crippen LogP contribution >= 0.6 is 0 Å². The van der Waals surface area contributed by atoms with E-state index < -0.39 is 0 Å². The van der Waals surface area contributed by atoms with E-state index in [0.29, 0.717) is 13.4 Å². The molecule has 4 nitrogen and oxygen atoms in total. The molecule has 0 saturated heterocycles. The van der Waals surface area contributed by atoms with Crippen molar-refractivity contribution in [3.05, 3.63) is 23.8 Å².